The lowest BCUT2D eigenvalue weighted by molar-refractivity contribution is 0.398. The van der Waals surface area contributed by atoms with Crippen LogP contribution in [0.1, 0.15) is 25.6 Å². The lowest BCUT2D eigenvalue weighted by Crippen LogP contribution is -2.02. The minimum Gasteiger partial charge on any atom is -0.481 e. The zero-order valence-corrected chi connectivity index (χ0v) is 12.8. The number of aromatic nitrogens is 5. The monoisotopic (exact) mass is 295 g/mol. The van der Waals surface area contributed by atoms with Crippen molar-refractivity contribution in [2.45, 2.75) is 19.8 Å². The van der Waals surface area contributed by atoms with Crippen molar-refractivity contribution in [1.29, 1.82) is 0 Å². The molecular weight excluding hydrogens is 278 g/mol. The van der Waals surface area contributed by atoms with Gasteiger partial charge >= 0.3 is 0 Å². The highest BCUT2D eigenvalue weighted by molar-refractivity contribution is 5.58. The van der Waals surface area contributed by atoms with Crippen molar-refractivity contribution in [2.75, 3.05) is 7.11 Å². The van der Waals surface area contributed by atoms with Gasteiger partial charge in [0.15, 0.2) is 17.5 Å². The van der Waals surface area contributed by atoms with E-state index < -0.39 is 0 Å². The molecule has 0 radical (unpaired) electrons. The normalized spacial score (nSPS) is 10.9. The third-order valence-corrected chi connectivity index (χ3v) is 3.21. The van der Waals surface area contributed by atoms with Crippen LogP contribution in [0.15, 0.2) is 42.7 Å². The second-order valence-electron chi connectivity index (χ2n) is 5.13. The van der Waals surface area contributed by atoms with Crippen LogP contribution in [-0.2, 0) is 0 Å². The Morgan fingerprint density at radius 3 is 2.64 bits per heavy atom. The fraction of sp³-hybridized carbons (Fsp3) is 0.250. The molecule has 0 aliphatic carbocycles. The van der Waals surface area contributed by atoms with Gasteiger partial charge in [-0.1, -0.05) is 19.9 Å². The summed E-state index contributed by atoms with van der Waals surface area (Å²) >= 11 is 0. The van der Waals surface area contributed by atoms with Gasteiger partial charge in [-0.25, -0.2) is 15.0 Å². The number of hydrogen-bond donors (Lipinski definition) is 0. The van der Waals surface area contributed by atoms with Crippen LogP contribution in [0, 0.1) is 0 Å². The van der Waals surface area contributed by atoms with E-state index in [2.05, 4.69) is 33.9 Å². The summed E-state index contributed by atoms with van der Waals surface area (Å²) in [7, 11) is 1.59. The molecule has 0 spiro atoms. The molecule has 0 bridgehead atoms. The van der Waals surface area contributed by atoms with E-state index >= 15 is 0 Å². The Balaban J connectivity index is 2.17. The molecule has 0 atom stereocenters. The first kappa shape index (κ1) is 14.2. The van der Waals surface area contributed by atoms with Gasteiger partial charge in [-0.2, -0.15) is 4.68 Å². The van der Waals surface area contributed by atoms with E-state index in [1.165, 1.54) is 0 Å². The maximum absolute atomic E-state index is 5.19. The molecule has 6 nitrogen and oxygen atoms in total. The van der Waals surface area contributed by atoms with Gasteiger partial charge in [0.1, 0.15) is 0 Å². The third kappa shape index (κ3) is 2.67. The maximum Gasteiger partial charge on any atom is 0.213 e. The molecule has 22 heavy (non-hydrogen) atoms. The van der Waals surface area contributed by atoms with Crippen molar-refractivity contribution < 1.29 is 4.74 Å². The summed E-state index contributed by atoms with van der Waals surface area (Å²) in [6, 6.07) is 9.43. The van der Waals surface area contributed by atoms with Crippen molar-refractivity contribution in [2.24, 2.45) is 0 Å². The molecule has 0 saturated carbocycles. The summed E-state index contributed by atoms with van der Waals surface area (Å²) in [5, 5.41) is 4.59. The zero-order chi connectivity index (χ0) is 15.5. The van der Waals surface area contributed by atoms with Crippen LogP contribution in [-0.4, -0.2) is 31.8 Å². The third-order valence-electron chi connectivity index (χ3n) is 3.21. The van der Waals surface area contributed by atoms with Crippen LogP contribution >= 0.6 is 0 Å². The number of pyridine rings is 2. The Bertz CT molecular complexity index is 767. The van der Waals surface area contributed by atoms with Gasteiger partial charge in [0.25, 0.3) is 0 Å². The van der Waals surface area contributed by atoms with E-state index in [0.717, 1.165) is 23.0 Å². The molecule has 0 N–H and O–H groups in total. The number of hydrogen-bond acceptors (Lipinski definition) is 5. The highest BCUT2D eigenvalue weighted by atomic mass is 16.5. The van der Waals surface area contributed by atoms with E-state index in [1.807, 2.05) is 30.3 Å². The topological polar surface area (TPSA) is 65.7 Å². The summed E-state index contributed by atoms with van der Waals surface area (Å²) in [6.45, 7) is 4.13. The molecule has 112 valence electrons. The van der Waals surface area contributed by atoms with Gasteiger partial charge in [0.05, 0.1) is 7.11 Å². The zero-order valence-electron chi connectivity index (χ0n) is 12.8. The summed E-state index contributed by atoms with van der Waals surface area (Å²) in [4.78, 5) is 13.2. The number of ether oxygens (including phenoxy) is 1. The Kier molecular flexibility index (Phi) is 3.82. The molecule has 3 heterocycles. The molecule has 0 unspecified atom stereocenters. The molecule has 0 fully saturated rings. The van der Waals surface area contributed by atoms with Crippen molar-refractivity contribution in [3.05, 3.63) is 48.5 Å². The summed E-state index contributed by atoms with van der Waals surface area (Å²) in [6.07, 6.45) is 3.43. The van der Waals surface area contributed by atoms with Crippen LogP contribution in [0.25, 0.3) is 17.2 Å². The van der Waals surface area contributed by atoms with Gasteiger partial charge in [-0.3, -0.25) is 0 Å². The Morgan fingerprint density at radius 2 is 1.95 bits per heavy atom. The van der Waals surface area contributed by atoms with Crippen LogP contribution in [0.3, 0.4) is 0 Å². The minimum absolute atomic E-state index is 0.229. The van der Waals surface area contributed by atoms with E-state index in [4.69, 9.17) is 4.74 Å². The maximum atomic E-state index is 5.19. The first-order valence-electron chi connectivity index (χ1n) is 7.08. The molecule has 6 heteroatoms. The highest BCUT2D eigenvalue weighted by Crippen LogP contribution is 2.24. The predicted molar refractivity (Wildman–Crippen MR) is 83.0 cm³/mol. The molecule has 0 aliphatic rings. The van der Waals surface area contributed by atoms with Crippen molar-refractivity contribution in [3.63, 3.8) is 0 Å². The van der Waals surface area contributed by atoms with Crippen LogP contribution in [0.4, 0.5) is 0 Å². The van der Waals surface area contributed by atoms with Gasteiger partial charge in [0, 0.05) is 29.9 Å². The quantitative estimate of drug-likeness (QED) is 0.740. The largest absolute Gasteiger partial charge is 0.481 e. The van der Waals surface area contributed by atoms with Crippen molar-refractivity contribution in [3.8, 4) is 23.1 Å². The first-order chi connectivity index (χ1) is 10.7. The summed E-state index contributed by atoms with van der Waals surface area (Å²) in [5.74, 6) is 3.00. The van der Waals surface area contributed by atoms with Gasteiger partial charge < -0.3 is 4.74 Å². The van der Waals surface area contributed by atoms with E-state index in [-0.39, 0.29) is 5.92 Å². The second kappa shape index (κ2) is 5.93. The Morgan fingerprint density at radius 1 is 1.09 bits per heavy atom. The standard InChI is InChI=1S/C16H17N5O/c1-11(2)15-19-16(12-7-9-18-14(10-12)22-3)21(20-15)13-6-4-5-8-17-13/h4-11H,1-3H3. The average Bonchev–Trinajstić information content (AvgIpc) is 3.01. The fourth-order valence-corrected chi connectivity index (χ4v) is 2.06. The van der Waals surface area contributed by atoms with Crippen LogP contribution < -0.4 is 4.74 Å². The molecule has 3 rings (SSSR count). The second-order valence-corrected chi connectivity index (χ2v) is 5.13. The Labute approximate surface area is 128 Å². The lowest BCUT2D eigenvalue weighted by Gasteiger charge is -2.05. The molecule has 3 aromatic heterocycles. The van der Waals surface area contributed by atoms with Crippen LogP contribution in [0.2, 0.25) is 0 Å². The van der Waals surface area contributed by atoms with E-state index in [1.54, 1.807) is 24.2 Å². The molecule has 0 saturated heterocycles. The smallest absolute Gasteiger partial charge is 0.213 e. The summed E-state index contributed by atoms with van der Waals surface area (Å²) < 4.78 is 6.95. The van der Waals surface area contributed by atoms with Crippen molar-refractivity contribution >= 4 is 0 Å². The SMILES string of the molecule is COc1cc(-c2nc(C(C)C)nn2-c2ccccn2)ccn1. The molecular formula is C16H17N5O. The number of methoxy groups -OCH3 is 1. The fourth-order valence-electron chi connectivity index (χ4n) is 2.06. The average molecular weight is 295 g/mol. The molecule has 0 amide bonds. The molecule has 0 aromatic carbocycles. The van der Waals surface area contributed by atoms with Gasteiger partial charge in [-0.05, 0) is 18.2 Å². The van der Waals surface area contributed by atoms with Gasteiger partial charge in [-0.15, -0.1) is 5.10 Å². The lowest BCUT2D eigenvalue weighted by atomic mass is 10.2. The molecule has 0 aliphatic heterocycles. The van der Waals surface area contributed by atoms with Crippen LogP contribution in [0.5, 0.6) is 5.88 Å². The predicted octanol–water partition coefficient (Wildman–Crippen LogP) is 2.86. The highest BCUT2D eigenvalue weighted by Gasteiger charge is 2.16. The number of nitrogens with zero attached hydrogens (tertiary/aromatic N) is 5. The van der Waals surface area contributed by atoms with Crippen molar-refractivity contribution in [1.82, 2.24) is 24.7 Å². The summed E-state index contributed by atoms with van der Waals surface area (Å²) in [5.41, 5.74) is 0.886. The minimum atomic E-state index is 0.229. The van der Waals surface area contributed by atoms with E-state index in [9.17, 15) is 0 Å². The van der Waals surface area contributed by atoms with E-state index in [0.29, 0.717) is 5.88 Å². The molecule has 3 aromatic rings. The first-order valence-corrected chi connectivity index (χ1v) is 7.08. The van der Waals surface area contributed by atoms with Gasteiger partial charge in [0.2, 0.25) is 5.88 Å². The number of rotatable bonds is 4. The Hall–Kier alpha value is -2.76.